The lowest BCUT2D eigenvalue weighted by atomic mass is 10.2. The number of aryl methyl sites for hydroxylation is 1. The number of nitrogens with zero attached hydrogens (tertiary/aromatic N) is 2. The first-order valence-corrected chi connectivity index (χ1v) is 3.73. The van der Waals surface area contributed by atoms with Gasteiger partial charge in [0.1, 0.15) is 0 Å². The normalized spacial score (nSPS) is 13.0. The summed E-state index contributed by atoms with van der Waals surface area (Å²) in [6.45, 7) is 3.88. The monoisotopic (exact) mass is 151 g/mol. The highest BCUT2D eigenvalue weighted by Gasteiger charge is 1.98. The molecular formula is C8H13N3. The Morgan fingerprint density at radius 3 is 2.64 bits per heavy atom. The summed E-state index contributed by atoms with van der Waals surface area (Å²) in [4.78, 5) is 0. The summed E-state index contributed by atoms with van der Waals surface area (Å²) < 4.78 is 0. The molecule has 0 aliphatic rings. The van der Waals surface area contributed by atoms with Crippen LogP contribution in [-0.4, -0.2) is 16.2 Å². The first-order valence-electron chi connectivity index (χ1n) is 3.73. The fraction of sp³-hybridized carbons (Fsp3) is 0.500. The third-order valence-electron chi connectivity index (χ3n) is 1.38. The molecule has 2 N–H and O–H groups in total. The van der Waals surface area contributed by atoms with Crippen molar-refractivity contribution in [3.8, 4) is 0 Å². The predicted molar refractivity (Wildman–Crippen MR) is 44.1 cm³/mol. The molecule has 0 aromatic carbocycles. The van der Waals surface area contributed by atoms with Gasteiger partial charge in [-0.3, -0.25) is 0 Å². The molecule has 0 spiro atoms. The first-order chi connectivity index (χ1) is 5.18. The molecule has 1 aromatic heterocycles. The van der Waals surface area contributed by atoms with Crippen LogP contribution < -0.4 is 5.73 Å². The molecule has 1 rings (SSSR count). The van der Waals surface area contributed by atoms with Gasteiger partial charge in [0.25, 0.3) is 0 Å². The predicted octanol–water partition coefficient (Wildman–Crippen LogP) is 0.675. The van der Waals surface area contributed by atoms with Crippen molar-refractivity contribution in [1.29, 1.82) is 0 Å². The van der Waals surface area contributed by atoms with Crippen LogP contribution in [0.1, 0.15) is 18.3 Å². The van der Waals surface area contributed by atoms with Crippen LogP contribution in [0, 0.1) is 6.92 Å². The quantitative estimate of drug-likeness (QED) is 0.676. The number of nitrogens with two attached hydrogens (primary N) is 1. The molecule has 60 valence electrons. The number of hydrogen-bond acceptors (Lipinski definition) is 3. The molecule has 11 heavy (non-hydrogen) atoms. The highest BCUT2D eigenvalue weighted by Crippen LogP contribution is 1.97. The highest BCUT2D eigenvalue weighted by atomic mass is 15.1. The van der Waals surface area contributed by atoms with Gasteiger partial charge in [0.05, 0.1) is 11.4 Å². The molecule has 0 fully saturated rings. The molecule has 1 heterocycles. The van der Waals surface area contributed by atoms with Crippen LogP contribution in [0.15, 0.2) is 12.1 Å². The SMILES string of the molecule is Cc1ccc(CC(C)N)nn1. The highest BCUT2D eigenvalue weighted by molar-refractivity contribution is 5.06. The van der Waals surface area contributed by atoms with E-state index in [1.807, 2.05) is 26.0 Å². The molecule has 0 amide bonds. The molecule has 1 atom stereocenters. The molecule has 0 aliphatic heterocycles. The second kappa shape index (κ2) is 3.44. The standard InChI is InChI=1S/C8H13N3/c1-6(9)5-8-4-3-7(2)10-11-8/h3-4,6H,5,9H2,1-2H3. The number of hydrogen-bond donors (Lipinski definition) is 1. The summed E-state index contributed by atoms with van der Waals surface area (Å²) in [5.74, 6) is 0. The van der Waals surface area contributed by atoms with E-state index in [0.29, 0.717) is 0 Å². The molecule has 0 aliphatic carbocycles. The van der Waals surface area contributed by atoms with Gasteiger partial charge in [-0.2, -0.15) is 10.2 Å². The average molecular weight is 151 g/mol. The number of aromatic nitrogens is 2. The molecule has 1 unspecified atom stereocenters. The third-order valence-corrected chi connectivity index (χ3v) is 1.38. The van der Waals surface area contributed by atoms with Gasteiger partial charge in [0, 0.05) is 12.5 Å². The van der Waals surface area contributed by atoms with Crippen molar-refractivity contribution in [2.75, 3.05) is 0 Å². The minimum atomic E-state index is 0.159. The molecule has 1 aromatic rings. The van der Waals surface area contributed by atoms with Crippen LogP contribution in [0.5, 0.6) is 0 Å². The van der Waals surface area contributed by atoms with Crippen molar-refractivity contribution in [1.82, 2.24) is 10.2 Å². The fourth-order valence-corrected chi connectivity index (χ4v) is 0.865. The summed E-state index contributed by atoms with van der Waals surface area (Å²) >= 11 is 0. The molecule has 0 saturated heterocycles. The lowest BCUT2D eigenvalue weighted by Gasteiger charge is -2.02. The Bertz CT molecular complexity index is 215. The summed E-state index contributed by atoms with van der Waals surface area (Å²) in [6.07, 6.45) is 0.799. The van der Waals surface area contributed by atoms with Gasteiger partial charge in [-0.15, -0.1) is 0 Å². The maximum absolute atomic E-state index is 5.59. The maximum Gasteiger partial charge on any atom is 0.0646 e. The fourth-order valence-electron chi connectivity index (χ4n) is 0.865. The zero-order chi connectivity index (χ0) is 8.27. The second-order valence-corrected chi connectivity index (χ2v) is 2.85. The van der Waals surface area contributed by atoms with E-state index in [2.05, 4.69) is 10.2 Å². The Morgan fingerprint density at radius 2 is 2.18 bits per heavy atom. The minimum Gasteiger partial charge on any atom is -0.328 e. The molecular weight excluding hydrogens is 138 g/mol. The van der Waals surface area contributed by atoms with Crippen molar-refractivity contribution >= 4 is 0 Å². The Kier molecular flexibility index (Phi) is 2.54. The van der Waals surface area contributed by atoms with E-state index in [-0.39, 0.29) is 6.04 Å². The van der Waals surface area contributed by atoms with Gasteiger partial charge >= 0.3 is 0 Å². The van der Waals surface area contributed by atoms with Gasteiger partial charge in [-0.05, 0) is 26.0 Å². The minimum absolute atomic E-state index is 0.159. The van der Waals surface area contributed by atoms with E-state index in [1.54, 1.807) is 0 Å². The van der Waals surface area contributed by atoms with Gasteiger partial charge in [-0.1, -0.05) is 0 Å². The van der Waals surface area contributed by atoms with Crippen LogP contribution >= 0.6 is 0 Å². The van der Waals surface area contributed by atoms with E-state index in [0.717, 1.165) is 17.8 Å². The summed E-state index contributed by atoms with van der Waals surface area (Å²) in [6, 6.07) is 4.07. The van der Waals surface area contributed by atoms with Crippen molar-refractivity contribution in [2.45, 2.75) is 26.3 Å². The molecule has 0 saturated carbocycles. The largest absolute Gasteiger partial charge is 0.328 e. The Labute approximate surface area is 66.6 Å². The zero-order valence-corrected chi connectivity index (χ0v) is 6.91. The van der Waals surface area contributed by atoms with Crippen molar-refractivity contribution in [2.24, 2.45) is 5.73 Å². The molecule has 3 heteroatoms. The summed E-state index contributed by atoms with van der Waals surface area (Å²) in [7, 11) is 0. The topological polar surface area (TPSA) is 51.8 Å². The Balaban J connectivity index is 2.66. The average Bonchev–Trinajstić information content (AvgIpc) is 1.93. The lowest BCUT2D eigenvalue weighted by molar-refractivity contribution is 0.707. The lowest BCUT2D eigenvalue weighted by Crippen LogP contribution is -2.18. The van der Waals surface area contributed by atoms with Gasteiger partial charge in [-0.25, -0.2) is 0 Å². The maximum atomic E-state index is 5.59. The van der Waals surface area contributed by atoms with E-state index in [9.17, 15) is 0 Å². The van der Waals surface area contributed by atoms with Gasteiger partial charge in [0.15, 0.2) is 0 Å². The van der Waals surface area contributed by atoms with Crippen LogP contribution in [-0.2, 0) is 6.42 Å². The van der Waals surface area contributed by atoms with E-state index < -0.39 is 0 Å². The van der Waals surface area contributed by atoms with Crippen LogP contribution in [0.4, 0.5) is 0 Å². The Morgan fingerprint density at radius 1 is 1.45 bits per heavy atom. The van der Waals surface area contributed by atoms with E-state index in [1.165, 1.54) is 0 Å². The van der Waals surface area contributed by atoms with Gasteiger partial charge in [0.2, 0.25) is 0 Å². The van der Waals surface area contributed by atoms with Crippen molar-refractivity contribution < 1.29 is 0 Å². The smallest absolute Gasteiger partial charge is 0.0646 e. The number of rotatable bonds is 2. The second-order valence-electron chi connectivity index (χ2n) is 2.85. The zero-order valence-electron chi connectivity index (χ0n) is 6.91. The first kappa shape index (κ1) is 8.14. The summed E-state index contributed by atoms with van der Waals surface area (Å²) in [5.41, 5.74) is 7.50. The third kappa shape index (κ3) is 2.63. The van der Waals surface area contributed by atoms with Gasteiger partial charge < -0.3 is 5.73 Å². The van der Waals surface area contributed by atoms with Crippen molar-refractivity contribution in [3.63, 3.8) is 0 Å². The molecule has 0 bridgehead atoms. The van der Waals surface area contributed by atoms with Crippen molar-refractivity contribution in [3.05, 3.63) is 23.5 Å². The van der Waals surface area contributed by atoms with Crippen LogP contribution in [0.3, 0.4) is 0 Å². The molecule has 0 radical (unpaired) electrons. The molecule has 3 nitrogen and oxygen atoms in total. The summed E-state index contributed by atoms with van der Waals surface area (Å²) in [5, 5.41) is 7.92. The van der Waals surface area contributed by atoms with Crippen LogP contribution in [0.2, 0.25) is 0 Å². The van der Waals surface area contributed by atoms with E-state index in [4.69, 9.17) is 5.73 Å². The van der Waals surface area contributed by atoms with E-state index >= 15 is 0 Å². The Hall–Kier alpha value is -0.960. The van der Waals surface area contributed by atoms with Crippen LogP contribution in [0.25, 0.3) is 0 Å².